The number of rotatable bonds is 5. The van der Waals surface area contributed by atoms with Crippen molar-refractivity contribution in [1.29, 1.82) is 0 Å². The third-order valence-electron chi connectivity index (χ3n) is 6.20. The van der Waals surface area contributed by atoms with Crippen LogP contribution in [0.3, 0.4) is 0 Å². The number of carbonyl (C=O) groups excluding carboxylic acids is 1. The molecule has 0 aromatic heterocycles. The minimum Gasteiger partial charge on any atom is -0.381 e. The Morgan fingerprint density at radius 1 is 1.30 bits per heavy atom. The molecular weight excluding hydrogens is 360 g/mol. The van der Waals surface area contributed by atoms with Crippen LogP contribution in [0.25, 0.3) is 0 Å². The maximum absolute atomic E-state index is 12.6. The molecule has 1 amide bonds. The third kappa shape index (κ3) is 5.46. The van der Waals surface area contributed by atoms with Gasteiger partial charge in [0, 0.05) is 13.2 Å². The predicted molar refractivity (Wildman–Crippen MR) is 114 cm³/mol. The zero-order valence-corrected chi connectivity index (χ0v) is 18.2. The topological polar surface area (TPSA) is 103 Å². The number of nitrogens with one attached hydrogen (secondary N) is 1. The van der Waals surface area contributed by atoms with Gasteiger partial charge in [-0.25, -0.2) is 4.99 Å². The summed E-state index contributed by atoms with van der Waals surface area (Å²) < 4.78 is 5.01. The second-order valence-electron chi connectivity index (χ2n) is 8.45. The molecule has 2 heterocycles. The number of hydrogen-bond acceptors (Lipinski definition) is 6. The van der Waals surface area contributed by atoms with E-state index in [0.29, 0.717) is 17.8 Å². The zero-order chi connectivity index (χ0) is 20.1. The normalized spacial score (nSPS) is 38.6. The van der Waals surface area contributed by atoms with Gasteiger partial charge >= 0.3 is 0 Å². The zero-order valence-electron chi connectivity index (χ0n) is 17.4. The molecule has 0 radical (unpaired) electrons. The number of amides is 1. The first kappa shape index (κ1) is 22.7. The molecule has 0 spiro atoms. The van der Waals surface area contributed by atoms with Crippen molar-refractivity contribution in [2.45, 2.75) is 76.1 Å². The van der Waals surface area contributed by atoms with E-state index in [1.54, 1.807) is 11.8 Å². The van der Waals surface area contributed by atoms with E-state index >= 15 is 0 Å². The van der Waals surface area contributed by atoms with Crippen LogP contribution in [0.2, 0.25) is 0 Å². The van der Waals surface area contributed by atoms with Crippen molar-refractivity contribution >= 4 is 22.8 Å². The lowest BCUT2D eigenvalue weighted by atomic mass is 9.89. The maximum Gasteiger partial charge on any atom is 0.242 e. The largest absolute Gasteiger partial charge is 0.381 e. The van der Waals surface area contributed by atoms with Crippen LogP contribution in [-0.2, 0) is 9.53 Å². The molecule has 4 atom stereocenters. The Morgan fingerprint density at radius 3 is 2.59 bits per heavy atom. The van der Waals surface area contributed by atoms with E-state index < -0.39 is 10.4 Å². The number of thioether (sulfide) groups is 1. The molecular formula is C20H38N4O2S. The van der Waals surface area contributed by atoms with Crippen molar-refractivity contribution in [1.82, 2.24) is 5.32 Å². The Kier molecular flexibility index (Phi) is 8.16. The highest BCUT2D eigenvalue weighted by Crippen LogP contribution is 2.44. The molecule has 2 saturated heterocycles. The monoisotopic (exact) mass is 398 g/mol. The molecule has 1 aliphatic carbocycles. The summed E-state index contributed by atoms with van der Waals surface area (Å²) in [6, 6.07) is 0. The first-order valence-electron chi connectivity index (χ1n) is 10.4. The van der Waals surface area contributed by atoms with Crippen molar-refractivity contribution < 1.29 is 9.53 Å². The average molecular weight is 399 g/mol. The summed E-state index contributed by atoms with van der Waals surface area (Å²) in [5.41, 5.74) is 10.6. The van der Waals surface area contributed by atoms with Gasteiger partial charge in [-0.05, 0) is 63.8 Å². The van der Waals surface area contributed by atoms with Gasteiger partial charge in [0.2, 0.25) is 5.91 Å². The van der Waals surface area contributed by atoms with Crippen LogP contribution >= 0.6 is 11.8 Å². The molecule has 0 bridgehead atoms. The Morgan fingerprint density at radius 2 is 1.96 bits per heavy atom. The third-order valence-corrected chi connectivity index (χ3v) is 7.39. The minimum absolute atomic E-state index is 0.0853. The van der Waals surface area contributed by atoms with Crippen LogP contribution in [0.15, 0.2) is 4.99 Å². The average Bonchev–Trinajstić information content (AvgIpc) is 3.06. The van der Waals surface area contributed by atoms with Gasteiger partial charge < -0.3 is 21.5 Å². The van der Waals surface area contributed by atoms with E-state index in [1.807, 2.05) is 6.92 Å². The molecule has 3 rings (SSSR count). The molecule has 156 valence electrons. The van der Waals surface area contributed by atoms with Gasteiger partial charge in [-0.3, -0.25) is 4.79 Å². The molecule has 4 unspecified atom stereocenters. The SMILES string of the molecule is CCCC1CC(C)C(N)(/N=C2/NC(=O)C(C)(CC3CCOCC3)S2)C1.CN. The first-order valence-corrected chi connectivity index (χ1v) is 11.2. The smallest absolute Gasteiger partial charge is 0.242 e. The van der Waals surface area contributed by atoms with E-state index in [-0.39, 0.29) is 5.91 Å². The molecule has 3 aliphatic rings. The number of nitrogens with zero attached hydrogens (tertiary/aromatic N) is 1. The fraction of sp³-hybridized carbons (Fsp3) is 0.900. The van der Waals surface area contributed by atoms with E-state index in [2.05, 4.69) is 24.9 Å². The molecule has 27 heavy (non-hydrogen) atoms. The van der Waals surface area contributed by atoms with E-state index in [9.17, 15) is 4.79 Å². The van der Waals surface area contributed by atoms with E-state index in [0.717, 1.165) is 50.5 Å². The maximum atomic E-state index is 12.6. The standard InChI is InChI=1S/C19H33N3O2S.CH5N/c1-4-5-15-10-13(2)19(20,12-15)22-17-21-16(23)18(3,25-17)11-14-6-8-24-9-7-14;1-2/h13-15H,4-12,20H2,1-3H3,(H,21,22,23);2H2,1H3. The highest BCUT2D eigenvalue weighted by molar-refractivity contribution is 8.16. The van der Waals surface area contributed by atoms with Gasteiger partial charge in [0.05, 0.1) is 4.75 Å². The molecule has 0 aromatic carbocycles. The lowest BCUT2D eigenvalue weighted by Gasteiger charge is -2.28. The van der Waals surface area contributed by atoms with Gasteiger partial charge in [-0.1, -0.05) is 38.5 Å². The highest BCUT2D eigenvalue weighted by atomic mass is 32.2. The Labute approximate surface area is 168 Å². The van der Waals surface area contributed by atoms with Crippen LogP contribution in [-0.4, -0.2) is 41.7 Å². The van der Waals surface area contributed by atoms with Crippen molar-refractivity contribution in [3.8, 4) is 0 Å². The molecule has 1 saturated carbocycles. The Bertz CT molecular complexity index is 538. The van der Waals surface area contributed by atoms with Gasteiger partial charge in [0.1, 0.15) is 5.66 Å². The second kappa shape index (κ2) is 9.72. The van der Waals surface area contributed by atoms with E-state index in [4.69, 9.17) is 15.5 Å². The highest BCUT2D eigenvalue weighted by Gasteiger charge is 2.47. The van der Waals surface area contributed by atoms with Crippen LogP contribution in [0.4, 0.5) is 0 Å². The summed E-state index contributed by atoms with van der Waals surface area (Å²) in [4.78, 5) is 17.5. The Balaban J connectivity index is 0.00000126. The second-order valence-corrected chi connectivity index (χ2v) is 9.94. The van der Waals surface area contributed by atoms with Crippen LogP contribution in [0, 0.1) is 17.8 Å². The number of aliphatic imine (C=N–C) groups is 1. The van der Waals surface area contributed by atoms with Crippen molar-refractivity contribution in [2.24, 2.45) is 34.2 Å². The van der Waals surface area contributed by atoms with Gasteiger partial charge in [0.25, 0.3) is 0 Å². The van der Waals surface area contributed by atoms with Crippen molar-refractivity contribution in [3.05, 3.63) is 0 Å². The summed E-state index contributed by atoms with van der Waals surface area (Å²) in [5.74, 6) is 1.66. The summed E-state index contributed by atoms with van der Waals surface area (Å²) in [7, 11) is 1.50. The quantitative estimate of drug-likeness (QED) is 0.661. The molecule has 3 fully saturated rings. The number of hydrogen-bond donors (Lipinski definition) is 3. The fourth-order valence-electron chi connectivity index (χ4n) is 4.63. The van der Waals surface area contributed by atoms with Crippen molar-refractivity contribution in [2.75, 3.05) is 20.3 Å². The number of nitrogens with two attached hydrogens (primary N) is 2. The fourth-order valence-corrected chi connectivity index (χ4v) is 5.87. The van der Waals surface area contributed by atoms with Gasteiger partial charge in [-0.15, -0.1) is 0 Å². The van der Waals surface area contributed by atoms with Crippen LogP contribution in [0.5, 0.6) is 0 Å². The molecule has 6 nitrogen and oxygen atoms in total. The number of carbonyl (C=O) groups is 1. The first-order chi connectivity index (χ1) is 12.8. The number of ether oxygens (including phenoxy) is 1. The lowest BCUT2D eigenvalue weighted by molar-refractivity contribution is -0.121. The van der Waals surface area contributed by atoms with Gasteiger partial charge in [0.15, 0.2) is 5.17 Å². The van der Waals surface area contributed by atoms with Crippen LogP contribution < -0.4 is 16.8 Å². The summed E-state index contributed by atoms with van der Waals surface area (Å²) >= 11 is 1.59. The molecule has 0 aromatic rings. The predicted octanol–water partition coefficient (Wildman–Crippen LogP) is 2.86. The minimum atomic E-state index is -0.528. The molecule has 5 N–H and O–H groups in total. The van der Waals surface area contributed by atoms with Crippen molar-refractivity contribution in [3.63, 3.8) is 0 Å². The summed E-state index contributed by atoms with van der Waals surface area (Å²) in [5, 5.41) is 3.74. The summed E-state index contributed by atoms with van der Waals surface area (Å²) in [6.45, 7) is 8.10. The molecule has 2 aliphatic heterocycles. The lowest BCUT2D eigenvalue weighted by Crippen LogP contribution is -2.42. The van der Waals surface area contributed by atoms with E-state index in [1.165, 1.54) is 19.9 Å². The van der Waals surface area contributed by atoms with Gasteiger partial charge in [-0.2, -0.15) is 0 Å². The Hall–Kier alpha value is -0.630. The summed E-state index contributed by atoms with van der Waals surface area (Å²) in [6.07, 6.45) is 7.46. The number of amidine groups is 1. The molecule has 7 heteroatoms. The van der Waals surface area contributed by atoms with Crippen LogP contribution in [0.1, 0.15) is 65.7 Å².